The molecule has 20 heavy (non-hydrogen) atoms. The highest BCUT2D eigenvalue weighted by Crippen LogP contribution is 2.36. The van der Waals surface area contributed by atoms with Crippen molar-refractivity contribution in [2.75, 3.05) is 0 Å². The van der Waals surface area contributed by atoms with E-state index in [-0.39, 0.29) is 0 Å². The molecule has 0 aromatic heterocycles. The van der Waals surface area contributed by atoms with E-state index >= 15 is 0 Å². The zero-order valence-electron chi connectivity index (χ0n) is 10.6. The number of carbonyl (C=O) groups is 2. The normalized spacial score (nSPS) is 11.4. The molecule has 0 unspecified atom stereocenters. The van der Waals surface area contributed by atoms with E-state index < -0.39 is 0 Å². The molecule has 2 heteroatoms. The highest BCUT2D eigenvalue weighted by molar-refractivity contribution is 6.27. The maximum absolute atomic E-state index is 11.3. The lowest BCUT2D eigenvalue weighted by molar-refractivity contribution is 0.112. The van der Waals surface area contributed by atoms with E-state index in [9.17, 15) is 9.59 Å². The summed E-state index contributed by atoms with van der Waals surface area (Å²) in [7, 11) is 0. The highest BCUT2D eigenvalue weighted by atomic mass is 16.1. The lowest BCUT2D eigenvalue weighted by Gasteiger charge is -2.13. The summed E-state index contributed by atoms with van der Waals surface area (Å²) >= 11 is 0. The number of hydrogen-bond acceptors (Lipinski definition) is 2. The molecule has 94 valence electrons. The van der Waals surface area contributed by atoms with Gasteiger partial charge in [-0.2, -0.15) is 0 Å². The molecule has 0 amide bonds. The summed E-state index contributed by atoms with van der Waals surface area (Å²) in [6.45, 7) is 0. The van der Waals surface area contributed by atoms with Crippen molar-refractivity contribution in [1.29, 1.82) is 0 Å². The Hall–Kier alpha value is -2.74. The summed E-state index contributed by atoms with van der Waals surface area (Å²) in [6.07, 6.45) is 1.64. The molecule has 0 radical (unpaired) electrons. The second kappa shape index (κ2) is 3.87. The standard InChI is InChI=1S/C18H10O2/c19-9-13-8-14(10-20)16-7-5-12-3-1-2-11-4-6-15(13)18(16)17(11)12/h1-10H. The van der Waals surface area contributed by atoms with Crippen LogP contribution in [0.4, 0.5) is 0 Å². The predicted octanol–water partition coefficient (Wildman–Crippen LogP) is 4.21. The SMILES string of the molecule is O=Cc1cc(C=O)c2ccc3cccc4ccc1c2c43. The highest BCUT2D eigenvalue weighted by Gasteiger charge is 2.13. The van der Waals surface area contributed by atoms with Gasteiger partial charge >= 0.3 is 0 Å². The topological polar surface area (TPSA) is 34.1 Å². The Kier molecular flexibility index (Phi) is 2.15. The predicted molar refractivity (Wildman–Crippen MR) is 80.9 cm³/mol. The first-order valence-corrected chi connectivity index (χ1v) is 6.44. The van der Waals surface area contributed by atoms with Crippen molar-refractivity contribution in [2.24, 2.45) is 0 Å². The van der Waals surface area contributed by atoms with Crippen LogP contribution in [0.2, 0.25) is 0 Å². The molecule has 0 heterocycles. The van der Waals surface area contributed by atoms with Gasteiger partial charge in [-0.15, -0.1) is 0 Å². The minimum Gasteiger partial charge on any atom is -0.298 e. The summed E-state index contributed by atoms with van der Waals surface area (Å²) in [5.74, 6) is 0. The minimum atomic E-state index is 0.567. The molecule has 0 aliphatic rings. The van der Waals surface area contributed by atoms with E-state index in [1.165, 1.54) is 0 Å². The van der Waals surface area contributed by atoms with Crippen LogP contribution >= 0.6 is 0 Å². The van der Waals surface area contributed by atoms with Crippen LogP contribution in [-0.4, -0.2) is 12.6 Å². The fourth-order valence-corrected chi connectivity index (χ4v) is 3.08. The van der Waals surface area contributed by atoms with Crippen LogP contribution in [0.1, 0.15) is 20.7 Å². The van der Waals surface area contributed by atoms with E-state index in [0.29, 0.717) is 11.1 Å². The van der Waals surface area contributed by atoms with Crippen LogP contribution in [0.15, 0.2) is 48.5 Å². The smallest absolute Gasteiger partial charge is 0.150 e. The number of aldehydes is 2. The molecule has 2 nitrogen and oxygen atoms in total. The molecule has 0 aliphatic heterocycles. The molecule has 4 rings (SSSR count). The van der Waals surface area contributed by atoms with E-state index in [4.69, 9.17) is 0 Å². The zero-order valence-corrected chi connectivity index (χ0v) is 10.6. The lowest BCUT2D eigenvalue weighted by Crippen LogP contribution is -1.93. The molecule has 0 aliphatic carbocycles. The molecule has 4 aromatic rings. The maximum atomic E-state index is 11.3. The second-order valence-corrected chi connectivity index (χ2v) is 4.97. The third-order valence-electron chi connectivity index (χ3n) is 3.96. The number of carbonyl (C=O) groups excluding carboxylic acids is 2. The van der Waals surface area contributed by atoms with Gasteiger partial charge in [-0.3, -0.25) is 9.59 Å². The minimum absolute atomic E-state index is 0.567. The van der Waals surface area contributed by atoms with Gasteiger partial charge in [0, 0.05) is 11.1 Å². The van der Waals surface area contributed by atoms with E-state index in [1.54, 1.807) is 6.07 Å². The van der Waals surface area contributed by atoms with Crippen molar-refractivity contribution in [3.63, 3.8) is 0 Å². The summed E-state index contributed by atoms with van der Waals surface area (Å²) in [5.41, 5.74) is 1.13. The number of rotatable bonds is 2. The van der Waals surface area contributed by atoms with Crippen molar-refractivity contribution in [3.8, 4) is 0 Å². The van der Waals surface area contributed by atoms with Gasteiger partial charge in [-0.05, 0) is 38.4 Å². The Bertz CT molecular complexity index is 910. The second-order valence-electron chi connectivity index (χ2n) is 4.97. The Morgan fingerprint density at radius 2 is 1.20 bits per heavy atom. The fourth-order valence-electron chi connectivity index (χ4n) is 3.08. The van der Waals surface area contributed by atoms with Crippen molar-refractivity contribution >= 4 is 44.9 Å². The maximum Gasteiger partial charge on any atom is 0.150 e. The van der Waals surface area contributed by atoms with Gasteiger partial charge in [0.2, 0.25) is 0 Å². The summed E-state index contributed by atoms with van der Waals surface area (Å²) in [5, 5.41) is 6.19. The zero-order chi connectivity index (χ0) is 13.7. The molecular formula is C18H10O2. The van der Waals surface area contributed by atoms with Crippen LogP contribution in [0, 0.1) is 0 Å². The van der Waals surface area contributed by atoms with E-state index in [0.717, 1.165) is 44.9 Å². The third-order valence-corrected chi connectivity index (χ3v) is 3.96. The van der Waals surface area contributed by atoms with Gasteiger partial charge in [-0.1, -0.05) is 42.5 Å². The van der Waals surface area contributed by atoms with Crippen molar-refractivity contribution in [2.45, 2.75) is 0 Å². The Morgan fingerprint density at radius 1 is 0.650 bits per heavy atom. The number of benzene rings is 4. The molecule has 0 saturated carbocycles. The first-order valence-electron chi connectivity index (χ1n) is 6.44. The van der Waals surface area contributed by atoms with Crippen LogP contribution < -0.4 is 0 Å². The van der Waals surface area contributed by atoms with Crippen LogP contribution in [0.25, 0.3) is 32.3 Å². The van der Waals surface area contributed by atoms with Crippen molar-refractivity contribution < 1.29 is 9.59 Å². The third kappa shape index (κ3) is 1.28. The van der Waals surface area contributed by atoms with Gasteiger partial charge in [0.15, 0.2) is 12.6 Å². The van der Waals surface area contributed by atoms with Gasteiger partial charge < -0.3 is 0 Å². The molecule has 0 N–H and O–H groups in total. The van der Waals surface area contributed by atoms with Gasteiger partial charge in [0.1, 0.15) is 0 Å². The largest absolute Gasteiger partial charge is 0.298 e. The first-order chi connectivity index (χ1) is 9.83. The van der Waals surface area contributed by atoms with Gasteiger partial charge in [-0.25, -0.2) is 0 Å². The Morgan fingerprint density at radius 3 is 1.70 bits per heavy atom. The summed E-state index contributed by atoms with van der Waals surface area (Å²) in [6, 6.07) is 15.8. The van der Waals surface area contributed by atoms with Crippen molar-refractivity contribution in [1.82, 2.24) is 0 Å². The van der Waals surface area contributed by atoms with Crippen LogP contribution in [0.5, 0.6) is 0 Å². The van der Waals surface area contributed by atoms with E-state index in [2.05, 4.69) is 12.1 Å². The average molecular weight is 258 g/mol. The van der Waals surface area contributed by atoms with Crippen LogP contribution in [-0.2, 0) is 0 Å². The molecule has 0 fully saturated rings. The Labute approximate surface area is 115 Å². The molecule has 0 bridgehead atoms. The molecule has 4 aromatic carbocycles. The monoisotopic (exact) mass is 258 g/mol. The average Bonchev–Trinajstić information content (AvgIpc) is 2.52. The first kappa shape index (κ1) is 11.1. The summed E-state index contributed by atoms with van der Waals surface area (Å²) < 4.78 is 0. The molecular weight excluding hydrogens is 248 g/mol. The summed E-state index contributed by atoms with van der Waals surface area (Å²) in [4.78, 5) is 22.6. The Balaban J connectivity index is 2.43. The molecule has 0 saturated heterocycles. The van der Waals surface area contributed by atoms with Crippen molar-refractivity contribution in [3.05, 3.63) is 59.7 Å². The van der Waals surface area contributed by atoms with Crippen LogP contribution in [0.3, 0.4) is 0 Å². The van der Waals surface area contributed by atoms with Gasteiger partial charge in [0.05, 0.1) is 0 Å². The fraction of sp³-hybridized carbons (Fsp3) is 0. The van der Waals surface area contributed by atoms with Gasteiger partial charge in [0.25, 0.3) is 0 Å². The molecule has 0 atom stereocenters. The quantitative estimate of drug-likeness (QED) is 0.398. The molecule has 0 spiro atoms. The lowest BCUT2D eigenvalue weighted by atomic mass is 9.90. The van der Waals surface area contributed by atoms with E-state index in [1.807, 2.05) is 30.3 Å². The number of hydrogen-bond donors (Lipinski definition) is 0.